The zero-order valence-electron chi connectivity index (χ0n) is 11.5. The van der Waals surface area contributed by atoms with Gasteiger partial charge in [-0.3, -0.25) is 9.48 Å². The highest BCUT2D eigenvalue weighted by Gasteiger charge is 2.41. The molecule has 2 aliphatic rings. The molecule has 1 aromatic heterocycles. The molecule has 1 spiro atoms. The van der Waals surface area contributed by atoms with E-state index >= 15 is 0 Å². The number of alkyl carbamates (subject to hydrolysis) is 1. The zero-order chi connectivity index (χ0) is 14.9. The third-order valence-corrected chi connectivity index (χ3v) is 4.21. The van der Waals surface area contributed by atoms with Crippen molar-refractivity contribution >= 4 is 23.6 Å². The molecule has 1 atom stereocenters. The Morgan fingerprint density at radius 3 is 3.00 bits per heavy atom. The first-order chi connectivity index (χ1) is 10.1. The normalized spacial score (nSPS) is 25.6. The number of halogens is 1. The number of likely N-dealkylation sites (tertiary alicyclic amines) is 1. The minimum Gasteiger partial charge on any atom is -0.441 e. The highest BCUT2D eigenvalue weighted by Crippen LogP contribution is 2.29. The first-order valence-electron chi connectivity index (χ1n) is 6.99. The predicted octanol–water partition coefficient (Wildman–Crippen LogP) is 1.03. The Balaban J connectivity index is 1.59. The van der Waals surface area contributed by atoms with Crippen LogP contribution in [-0.2, 0) is 16.1 Å². The lowest BCUT2D eigenvalue weighted by Gasteiger charge is -2.25. The lowest BCUT2D eigenvalue weighted by atomic mass is 9.95. The predicted molar refractivity (Wildman–Crippen MR) is 74.9 cm³/mol. The van der Waals surface area contributed by atoms with Crippen LogP contribution in [0.1, 0.15) is 19.3 Å². The molecule has 2 saturated heterocycles. The van der Waals surface area contributed by atoms with Crippen LogP contribution in [0.25, 0.3) is 0 Å². The molecule has 7 nitrogen and oxygen atoms in total. The van der Waals surface area contributed by atoms with Crippen molar-refractivity contribution in [1.29, 1.82) is 0 Å². The monoisotopic (exact) mass is 312 g/mol. The van der Waals surface area contributed by atoms with E-state index in [0.717, 1.165) is 12.8 Å². The second kappa shape index (κ2) is 5.55. The summed E-state index contributed by atoms with van der Waals surface area (Å²) in [5.74, 6) is 0.00380. The van der Waals surface area contributed by atoms with Crippen molar-refractivity contribution in [3.8, 4) is 0 Å². The van der Waals surface area contributed by atoms with Gasteiger partial charge in [-0.1, -0.05) is 11.6 Å². The number of nitrogens with zero attached hydrogens (tertiary/aromatic N) is 3. The van der Waals surface area contributed by atoms with Crippen LogP contribution >= 0.6 is 11.6 Å². The van der Waals surface area contributed by atoms with Gasteiger partial charge in [-0.25, -0.2) is 4.79 Å². The van der Waals surface area contributed by atoms with Crippen LogP contribution in [0.5, 0.6) is 0 Å². The van der Waals surface area contributed by atoms with Gasteiger partial charge in [0.2, 0.25) is 5.91 Å². The zero-order valence-corrected chi connectivity index (χ0v) is 12.3. The van der Waals surface area contributed by atoms with Gasteiger partial charge in [0, 0.05) is 25.7 Å². The highest BCUT2D eigenvalue weighted by molar-refractivity contribution is 6.30. The van der Waals surface area contributed by atoms with Crippen LogP contribution in [0, 0.1) is 0 Å². The number of nitrogens with one attached hydrogen (secondary N) is 1. The summed E-state index contributed by atoms with van der Waals surface area (Å²) in [4.78, 5) is 25.3. The minimum atomic E-state index is -0.443. The fraction of sp³-hybridized carbons (Fsp3) is 0.615. The van der Waals surface area contributed by atoms with E-state index in [1.807, 2.05) is 0 Å². The van der Waals surface area contributed by atoms with Crippen LogP contribution in [0.3, 0.4) is 0 Å². The van der Waals surface area contributed by atoms with Gasteiger partial charge < -0.3 is 15.0 Å². The molecule has 2 amide bonds. The van der Waals surface area contributed by atoms with E-state index in [1.54, 1.807) is 11.1 Å². The lowest BCUT2D eigenvalue weighted by Crippen LogP contribution is -2.37. The number of hydrogen-bond donors (Lipinski definition) is 1. The molecule has 0 bridgehead atoms. The molecule has 8 heteroatoms. The van der Waals surface area contributed by atoms with Gasteiger partial charge in [-0.2, -0.15) is 5.10 Å². The Morgan fingerprint density at radius 2 is 2.33 bits per heavy atom. The third-order valence-electron chi connectivity index (χ3n) is 4.01. The van der Waals surface area contributed by atoms with Crippen molar-refractivity contribution in [2.24, 2.45) is 0 Å². The fourth-order valence-electron chi connectivity index (χ4n) is 2.86. The summed E-state index contributed by atoms with van der Waals surface area (Å²) in [6, 6.07) is 0. The molecule has 2 fully saturated rings. The maximum Gasteiger partial charge on any atom is 0.407 e. The molecule has 3 rings (SSSR count). The van der Waals surface area contributed by atoms with E-state index in [1.165, 1.54) is 10.9 Å². The van der Waals surface area contributed by atoms with Crippen molar-refractivity contribution in [2.75, 3.05) is 19.6 Å². The van der Waals surface area contributed by atoms with Crippen molar-refractivity contribution in [1.82, 2.24) is 20.0 Å². The highest BCUT2D eigenvalue weighted by atomic mass is 35.5. The molecule has 0 saturated carbocycles. The minimum absolute atomic E-state index is 0.00380. The van der Waals surface area contributed by atoms with Crippen LogP contribution in [-0.4, -0.2) is 51.9 Å². The van der Waals surface area contributed by atoms with E-state index in [9.17, 15) is 9.59 Å². The van der Waals surface area contributed by atoms with Gasteiger partial charge >= 0.3 is 6.09 Å². The van der Waals surface area contributed by atoms with E-state index < -0.39 is 5.60 Å². The molecule has 1 aromatic rings. The molecule has 1 N–H and O–H groups in total. The lowest BCUT2D eigenvalue weighted by molar-refractivity contribution is -0.132. The van der Waals surface area contributed by atoms with Crippen LogP contribution in [0.2, 0.25) is 5.02 Å². The number of aromatic nitrogens is 2. The topological polar surface area (TPSA) is 76.5 Å². The van der Waals surface area contributed by atoms with Gasteiger partial charge in [0.25, 0.3) is 0 Å². The average Bonchev–Trinajstić information content (AvgIpc) is 2.93. The maximum atomic E-state index is 12.3. The Bertz CT molecular complexity index is 561. The summed E-state index contributed by atoms with van der Waals surface area (Å²) < 4.78 is 6.93. The van der Waals surface area contributed by atoms with Crippen molar-refractivity contribution < 1.29 is 14.3 Å². The summed E-state index contributed by atoms with van der Waals surface area (Å²) in [7, 11) is 0. The molecule has 2 aliphatic heterocycles. The first kappa shape index (κ1) is 14.2. The Morgan fingerprint density at radius 1 is 1.48 bits per heavy atom. The van der Waals surface area contributed by atoms with Gasteiger partial charge in [0.15, 0.2) is 0 Å². The fourth-order valence-corrected chi connectivity index (χ4v) is 3.02. The van der Waals surface area contributed by atoms with Crippen molar-refractivity contribution in [2.45, 2.75) is 31.4 Å². The SMILES string of the molecule is O=C1NC[C@]2(CCCN(C(=O)Cn3cc(Cl)cn3)CC2)O1. The number of amides is 2. The second-order valence-corrected chi connectivity index (χ2v) is 5.95. The van der Waals surface area contributed by atoms with Gasteiger partial charge in [0.1, 0.15) is 12.1 Å². The maximum absolute atomic E-state index is 12.3. The summed E-state index contributed by atoms with van der Waals surface area (Å²) in [5.41, 5.74) is -0.443. The van der Waals surface area contributed by atoms with Crippen LogP contribution in [0.4, 0.5) is 4.79 Å². The Kier molecular flexibility index (Phi) is 3.75. The quantitative estimate of drug-likeness (QED) is 0.885. The largest absolute Gasteiger partial charge is 0.441 e. The second-order valence-electron chi connectivity index (χ2n) is 5.52. The molecule has 0 unspecified atom stereocenters. The molecule has 0 aromatic carbocycles. The van der Waals surface area contributed by atoms with E-state index in [-0.39, 0.29) is 18.5 Å². The summed E-state index contributed by atoms with van der Waals surface area (Å²) in [6.07, 6.45) is 5.04. The number of rotatable bonds is 2. The number of hydrogen-bond acceptors (Lipinski definition) is 4. The summed E-state index contributed by atoms with van der Waals surface area (Å²) >= 11 is 5.79. The number of ether oxygens (including phenoxy) is 1. The third kappa shape index (κ3) is 3.12. The molecule has 21 heavy (non-hydrogen) atoms. The molecular formula is C13H17ClN4O3. The summed E-state index contributed by atoms with van der Waals surface area (Å²) in [5, 5.41) is 7.23. The van der Waals surface area contributed by atoms with Gasteiger partial charge in [0.05, 0.1) is 17.8 Å². The van der Waals surface area contributed by atoms with Crippen molar-refractivity contribution in [3.63, 3.8) is 0 Å². The standard InChI is InChI=1S/C13H17ClN4O3/c14-10-6-16-18(7-10)8-11(19)17-4-1-2-13(3-5-17)9-15-12(20)21-13/h6-7H,1-5,8-9H2,(H,15,20)/t13-/m1/s1. The van der Waals surface area contributed by atoms with Gasteiger partial charge in [-0.15, -0.1) is 0 Å². The molecule has 0 radical (unpaired) electrons. The van der Waals surface area contributed by atoms with Gasteiger partial charge in [-0.05, 0) is 12.8 Å². The number of carbonyl (C=O) groups excluding carboxylic acids is 2. The average molecular weight is 313 g/mol. The van der Waals surface area contributed by atoms with Crippen LogP contribution < -0.4 is 5.32 Å². The van der Waals surface area contributed by atoms with Crippen molar-refractivity contribution in [3.05, 3.63) is 17.4 Å². The number of carbonyl (C=O) groups is 2. The molecular weight excluding hydrogens is 296 g/mol. The molecule has 114 valence electrons. The van der Waals surface area contributed by atoms with E-state index in [4.69, 9.17) is 16.3 Å². The van der Waals surface area contributed by atoms with Crippen LogP contribution in [0.15, 0.2) is 12.4 Å². The summed E-state index contributed by atoms with van der Waals surface area (Å²) in [6.45, 7) is 1.97. The van der Waals surface area contributed by atoms with E-state index in [0.29, 0.717) is 31.1 Å². The first-order valence-corrected chi connectivity index (χ1v) is 7.37. The molecule has 0 aliphatic carbocycles. The smallest absolute Gasteiger partial charge is 0.407 e. The van der Waals surface area contributed by atoms with E-state index in [2.05, 4.69) is 10.4 Å². The molecule has 3 heterocycles. The Hall–Kier alpha value is -1.76. The Labute approximate surface area is 127 Å².